The highest BCUT2D eigenvalue weighted by Gasteiger charge is 2.47. The molecule has 90 heavy (non-hydrogen) atoms. The maximum Gasteiger partial charge on any atom is 0.252 e. The van der Waals surface area contributed by atoms with E-state index in [0.29, 0.717) is 11.1 Å². The van der Waals surface area contributed by atoms with Crippen LogP contribution < -0.4 is 26.2 Å². The number of aryl methyl sites for hydroxylation is 1. The van der Waals surface area contributed by atoms with E-state index in [4.69, 9.17) is 4.11 Å². The lowest BCUT2D eigenvalue weighted by Crippen LogP contribution is -2.61. The largest absolute Gasteiger partial charge is 0.310 e. The molecule has 3 heteroatoms. The fraction of sp³-hybridized carbons (Fsp3) is 0.241. The number of rotatable bonds is 8. The van der Waals surface area contributed by atoms with Gasteiger partial charge in [0.2, 0.25) is 0 Å². The molecule has 2 aliphatic rings. The average Bonchev–Trinajstić information content (AvgIpc) is 0.685. The molecule has 11 aromatic rings. The lowest BCUT2D eigenvalue weighted by atomic mass is 9.33. The summed E-state index contributed by atoms with van der Waals surface area (Å²) in [6.07, 6.45) is 0. The van der Waals surface area contributed by atoms with Crippen molar-refractivity contribution in [3.05, 3.63) is 270 Å². The van der Waals surface area contributed by atoms with Crippen molar-refractivity contribution in [1.82, 2.24) is 0 Å². The normalized spacial score (nSPS) is 13.9. The molecule has 0 aromatic heterocycles. The summed E-state index contributed by atoms with van der Waals surface area (Å²) in [5.74, 6) is 0. The van der Waals surface area contributed by atoms with E-state index in [1.54, 1.807) is 6.07 Å². The number of hydrogen-bond acceptors (Lipinski definition) is 2. The van der Waals surface area contributed by atoms with Gasteiger partial charge in [0.25, 0.3) is 6.71 Å². The Hall–Kier alpha value is -8.92. The molecular weight excluding hydrogens is 1080 g/mol. The molecule has 0 bridgehead atoms. The molecule has 2 nitrogen and oxygen atoms in total. The van der Waals surface area contributed by atoms with Crippen molar-refractivity contribution in [3.8, 4) is 66.8 Å². The zero-order valence-electron chi connectivity index (χ0n) is 58.5. The minimum atomic E-state index is -2.36. The molecule has 0 fully saturated rings. The molecule has 0 unspecified atom stereocenters. The Kier molecular flexibility index (Phi) is 13.9. The number of nitrogens with zero attached hydrogens (tertiary/aromatic N) is 2. The van der Waals surface area contributed by atoms with Crippen LogP contribution in [0.5, 0.6) is 0 Å². The predicted molar refractivity (Wildman–Crippen MR) is 391 cm³/mol. The van der Waals surface area contributed by atoms with Crippen molar-refractivity contribution in [1.29, 1.82) is 0 Å². The lowest BCUT2D eigenvalue weighted by molar-refractivity contribution is 0.570. The molecule has 448 valence electrons. The standard InChI is InChI=1S/C87H87BN2/c1-56-31-29-30-40-67(56)61-41-45-76-74(47-61)88-75-48-62(68-44-43-63(83(2,3)4)53-73(68)87(14,15)16)42-46-77(75)90(82-71(59-36-25-19-26-37-59)51-65(85(8,9)10)52-72(82)60-38-27-20-28-39-60)79-55-66(86(11,12)13)54-78(80(79)88)89(76)81-69(57-32-21-17-22-33-57)49-64(84(5,6)7)50-70(81)58-34-23-18-24-35-58/h17-55H,1-16H3/i1D3. The molecule has 0 amide bonds. The van der Waals surface area contributed by atoms with Gasteiger partial charge in [-0.2, -0.15) is 0 Å². The average molecular weight is 1170 g/mol. The van der Waals surface area contributed by atoms with Crippen molar-refractivity contribution < 1.29 is 4.11 Å². The quantitative estimate of drug-likeness (QED) is 0.140. The maximum absolute atomic E-state index is 8.99. The van der Waals surface area contributed by atoms with Gasteiger partial charge in [0.15, 0.2) is 0 Å². The first-order valence-corrected chi connectivity index (χ1v) is 32.4. The van der Waals surface area contributed by atoms with E-state index in [-0.39, 0.29) is 33.8 Å². The molecule has 0 saturated heterocycles. The topological polar surface area (TPSA) is 6.48 Å². The zero-order valence-corrected chi connectivity index (χ0v) is 55.5. The second-order valence-electron chi connectivity index (χ2n) is 30.4. The van der Waals surface area contributed by atoms with Crippen LogP contribution in [0.2, 0.25) is 0 Å². The first kappa shape index (κ1) is 56.3. The number of benzene rings is 11. The monoisotopic (exact) mass is 1170 g/mol. The van der Waals surface area contributed by atoms with Gasteiger partial charge in [0.05, 0.1) is 11.4 Å². The molecule has 13 rings (SSSR count). The molecule has 0 aliphatic carbocycles. The molecule has 0 N–H and O–H groups in total. The maximum atomic E-state index is 8.99. The predicted octanol–water partition coefficient (Wildman–Crippen LogP) is 22.6. The van der Waals surface area contributed by atoms with Gasteiger partial charge < -0.3 is 9.80 Å². The van der Waals surface area contributed by atoms with Crippen molar-refractivity contribution >= 4 is 57.2 Å². The SMILES string of the molecule is [2H]C([2H])([2H])c1ccccc1-c1ccc2c(c1)B1c3cc(-c4ccc(C(C)(C)C)cc4C(C)(C)C)ccc3N(c3c(-c4ccccc4)cc(C(C)(C)C)cc3-c3ccccc3)c3cc(C(C)(C)C)cc(c31)N2c1c(-c2ccccc2)cc(C(C)(C)C)cc1-c1ccccc1. The van der Waals surface area contributed by atoms with E-state index in [2.05, 4.69) is 326 Å². The van der Waals surface area contributed by atoms with Crippen LogP contribution in [0.15, 0.2) is 237 Å². The van der Waals surface area contributed by atoms with Gasteiger partial charge in [-0.15, -0.1) is 0 Å². The molecule has 0 spiro atoms. The third-order valence-corrected chi connectivity index (χ3v) is 18.9. The fourth-order valence-corrected chi connectivity index (χ4v) is 13.8. The van der Waals surface area contributed by atoms with Gasteiger partial charge in [-0.3, -0.25) is 0 Å². The van der Waals surface area contributed by atoms with Crippen molar-refractivity contribution in [2.24, 2.45) is 0 Å². The van der Waals surface area contributed by atoms with Crippen molar-refractivity contribution in [2.45, 2.75) is 138 Å². The van der Waals surface area contributed by atoms with Gasteiger partial charge in [-0.1, -0.05) is 292 Å². The first-order valence-electron chi connectivity index (χ1n) is 33.9. The minimum absolute atomic E-state index is 0.0578. The Bertz CT molecular complexity index is 4520. The number of fused-ring (bicyclic) bond motifs is 4. The van der Waals surface area contributed by atoms with Gasteiger partial charge >= 0.3 is 0 Å². The number of hydrogen-bond donors (Lipinski definition) is 0. The highest BCUT2D eigenvalue weighted by atomic mass is 15.2. The summed E-state index contributed by atoms with van der Waals surface area (Å²) >= 11 is 0. The summed E-state index contributed by atoms with van der Waals surface area (Å²) in [6.45, 7) is 32.2. The Morgan fingerprint density at radius 2 is 0.633 bits per heavy atom. The zero-order chi connectivity index (χ0) is 65.9. The van der Waals surface area contributed by atoms with Crippen LogP contribution in [-0.2, 0) is 27.1 Å². The molecule has 2 aliphatic heterocycles. The smallest absolute Gasteiger partial charge is 0.252 e. The van der Waals surface area contributed by atoms with Gasteiger partial charge in [0, 0.05) is 49.1 Å². The van der Waals surface area contributed by atoms with E-state index in [1.165, 1.54) is 44.3 Å². The van der Waals surface area contributed by atoms with Crippen LogP contribution in [0.25, 0.3) is 66.8 Å². The molecule has 0 atom stereocenters. The molecular formula is C87H87BN2. The summed E-state index contributed by atoms with van der Waals surface area (Å²) in [4.78, 5) is 5.27. The summed E-state index contributed by atoms with van der Waals surface area (Å²) < 4.78 is 27.0. The Morgan fingerprint density at radius 1 is 0.278 bits per heavy atom. The summed E-state index contributed by atoms with van der Waals surface area (Å²) in [7, 11) is 0. The lowest BCUT2D eigenvalue weighted by Gasteiger charge is -2.47. The van der Waals surface area contributed by atoms with Gasteiger partial charge in [0.1, 0.15) is 0 Å². The third kappa shape index (κ3) is 10.8. The number of anilines is 6. The molecule has 0 saturated carbocycles. The van der Waals surface area contributed by atoms with E-state index < -0.39 is 6.85 Å². The highest BCUT2D eigenvalue weighted by Crippen LogP contribution is 2.55. The van der Waals surface area contributed by atoms with Crippen LogP contribution in [0.3, 0.4) is 0 Å². The summed E-state index contributed by atoms with van der Waals surface area (Å²) in [6, 6.07) is 87.8. The van der Waals surface area contributed by atoms with E-state index >= 15 is 0 Å². The molecule has 2 heterocycles. The van der Waals surface area contributed by atoms with Crippen LogP contribution in [0.1, 0.15) is 141 Å². The minimum Gasteiger partial charge on any atom is -0.310 e. The molecule has 11 aromatic carbocycles. The van der Waals surface area contributed by atoms with Gasteiger partial charge in [-0.25, -0.2) is 0 Å². The Balaban J connectivity index is 1.26. The highest BCUT2D eigenvalue weighted by molar-refractivity contribution is 7.00. The van der Waals surface area contributed by atoms with E-state index in [9.17, 15) is 0 Å². The Morgan fingerprint density at radius 3 is 1.00 bits per heavy atom. The van der Waals surface area contributed by atoms with Crippen molar-refractivity contribution in [2.75, 3.05) is 9.80 Å². The van der Waals surface area contributed by atoms with Crippen LogP contribution in [0.4, 0.5) is 34.1 Å². The van der Waals surface area contributed by atoms with Gasteiger partial charge in [-0.05, 0) is 177 Å². The van der Waals surface area contributed by atoms with Crippen LogP contribution in [-0.4, -0.2) is 6.71 Å². The summed E-state index contributed by atoms with van der Waals surface area (Å²) in [5.41, 5.74) is 28.5. The van der Waals surface area contributed by atoms with Crippen LogP contribution in [0, 0.1) is 6.85 Å². The summed E-state index contributed by atoms with van der Waals surface area (Å²) in [5, 5.41) is 0. The third-order valence-electron chi connectivity index (χ3n) is 18.9. The van der Waals surface area contributed by atoms with Crippen LogP contribution >= 0.6 is 0 Å². The van der Waals surface area contributed by atoms with E-state index in [1.807, 2.05) is 18.2 Å². The first-order chi connectivity index (χ1) is 43.9. The fourth-order valence-electron chi connectivity index (χ4n) is 13.8. The van der Waals surface area contributed by atoms with E-state index in [0.717, 1.165) is 95.2 Å². The second kappa shape index (κ2) is 22.2. The van der Waals surface area contributed by atoms with Crippen molar-refractivity contribution in [3.63, 3.8) is 0 Å². The Labute approximate surface area is 542 Å². The second-order valence-corrected chi connectivity index (χ2v) is 30.4. The molecule has 0 radical (unpaired) electrons.